The van der Waals surface area contributed by atoms with Crippen molar-refractivity contribution >= 4 is 17.7 Å². The Morgan fingerprint density at radius 1 is 1.12 bits per heavy atom. The van der Waals surface area contributed by atoms with Crippen LogP contribution in [0.3, 0.4) is 0 Å². The van der Waals surface area contributed by atoms with Gasteiger partial charge in [0.1, 0.15) is 5.75 Å². The number of ether oxygens (including phenoxy) is 2. The van der Waals surface area contributed by atoms with E-state index in [0.717, 1.165) is 29.8 Å². The van der Waals surface area contributed by atoms with Crippen molar-refractivity contribution in [3.63, 3.8) is 0 Å². The molecule has 1 heterocycles. The highest BCUT2D eigenvalue weighted by Gasteiger charge is 2.29. The number of fused-ring (bicyclic) bond motifs is 1. The molecular weight excluding hydrogens is 316 g/mol. The van der Waals surface area contributed by atoms with Gasteiger partial charge in [-0.2, -0.15) is 0 Å². The first-order valence-electron chi connectivity index (χ1n) is 8.37. The zero-order valence-electron chi connectivity index (χ0n) is 14.3. The van der Waals surface area contributed by atoms with Crippen LogP contribution in [0.5, 0.6) is 11.5 Å². The maximum absolute atomic E-state index is 12.9. The van der Waals surface area contributed by atoms with Crippen LogP contribution in [0.4, 0.5) is 5.69 Å². The van der Waals surface area contributed by atoms with Gasteiger partial charge in [0.15, 0.2) is 11.5 Å². The molecule has 3 rings (SSSR count). The first-order valence-corrected chi connectivity index (χ1v) is 8.37. The number of rotatable bonds is 6. The maximum atomic E-state index is 12.9. The second kappa shape index (κ2) is 7.85. The van der Waals surface area contributed by atoms with Crippen molar-refractivity contribution in [2.45, 2.75) is 12.8 Å². The van der Waals surface area contributed by atoms with Crippen LogP contribution in [0, 0.1) is 0 Å². The van der Waals surface area contributed by atoms with Gasteiger partial charge in [-0.15, -0.1) is 0 Å². The summed E-state index contributed by atoms with van der Waals surface area (Å²) in [6.07, 6.45) is 3.49. The third kappa shape index (κ3) is 3.83. The number of nitrogens with two attached hydrogens (primary N) is 1. The summed E-state index contributed by atoms with van der Waals surface area (Å²) in [5.74, 6) is 1.64. The van der Waals surface area contributed by atoms with Gasteiger partial charge in [-0.1, -0.05) is 24.3 Å². The molecule has 0 aliphatic carbocycles. The van der Waals surface area contributed by atoms with E-state index in [4.69, 9.17) is 15.2 Å². The van der Waals surface area contributed by atoms with Crippen LogP contribution in [0.2, 0.25) is 0 Å². The van der Waals surface area contributed by atoms with Crippen LogP contribution >= 0.6 is 0 Å². The van der Waals surface area contributed by atoms with Crippen molar-refractivity contribution in [1.29, 1.82) is 0 Å². The number of unbranched alkanes of at least 4 members (excludes halogenated alkanes) is 1. The Labute approximate surface area is 147 Å². The second-order valence-corrected chi connectivity index (χ2v) is 5.80. The molecule has 130 valence electrons. The number of carbonyl (C=O) groups is 1. The minimum absolute atomic E-state index is 0.133. The SMILES string of the molecule is COc1ccc(/C=C2/Oc3ccccc3N(CCCCN)C2=O)cc1. The Hall–Kier alpha value is -2.79. The van der Waals surface area contributed by atoms with Crippen molar-refractivity contribution in [2.75, 3.05) is 25.1 Å². The first-order chi connectivity index (χ1) is 12.2. The molecule has 1 aliphatic heterocycles. The molecule has 0 bridgehead atoms. The number of para-hydroxylation sites is 2. The molecule has 0 atom stereocenters. The molecule has 1 aliphatic rings. The number of methoxy groups -OCH3 is 1. The van der Waals surface area contributed by atoms with Crippen LogP contribution in [-0.2, 0) is 4.79 Å². The summed E-state index contributed by atoms with van der Waals surface area (Å²) < 4.78 is 11.0. The third-order valence-corrected chi connectivity index (χ3v) is 4.08. The molecule has 1 amide bonds. The smallest absolute Gasteiger partial charge is 0.294 e. The summed E-state index contributed by atoms with van der Waals surface area (Å²) in [5.41, 5.74) is 7.26. The summed E-state index contributed by atoms with van der Waals surface area (Å²) >= 11 is 0. The third-order valence-electron chi connectivity index (χ3n) is 4.08. The van der Waals surface area contributed by atoms with Gasteiger partial charge in [0.05, 0.1) is 12.8 Å². The molecule has 0 fully saturated rings. The lowest BCUT2D eigenvalue weighted by atomic mass is 10.1. The standard InChI is InChI=1S/C20H22N2O3/c1-24-16-10-8-15(9-11-16)14-19-20(23)22(13-5-4-12-21)17-6-2-3-7-18(17)25-19/h2-3,6-11,14H,4-5,12-13,21H2,1H3/b19-14+. The van der Waals surface area contributed by atoms with Crippen LogP contribution < -0.4 is 20.1 Å². The van der Waals surface area contributed by atoms with Gasteiger partial charge in [0, 0.05) is 6.54 Å². The van der Waals surface area contributed by atoms with Crippen molar-refractivity contribution in [1.82, 2.24) is 0 Å². The fourth-order valence-electron chi connectivity index (χ4n) is 2.75. The van der Waals surface area contributed by atoms with E-state index in [-0.39, 0.29) is 5.91 Å². The summed E-state index contributed by atoms with van der Waals surface area (Å²) in [4.78, 5) is 14.7. The Bertz CT molecular complexity index is 769. The lowest BCUT2D eigenvalue weighted by molar-refractivity contribution is -0.117. The van der Waals surface area contributed by atoms with Crippen LogP contribution in [0.15, 0.2) is 54.3 Å². The van der Waals surface area contributed by atoms with Gasteiger partial charge in [0.25, 0.3) is 5.91 Å². The van der Waals surface area contributed by atoms with Crippen molar-refractivity contribution < 1.29 is 14.3 Å². The average molecular weight is 338 g/mol. The van der Waals surface area contributed by atoms with Crippen molar-refractivity contribution in [2.24, 2.45) is 5.73 Å². The molecule has 5 nitrogen and oxygen atoms in total. The van der Waals surface area contributed by atoms with Crippen molar-refractivity contribution in [3.8, 4) is 11.5 Å². The van der Waals surface area contributed by atoms with E-state index in [1.807, 2.05) is 48.5 Å². The molecular formula is C20H22N2O3. The predicted octanol–water partition coefficient (Wildman–Crippen LogP) is 3.20. The molecule has 0 saturated carbocycles. The molecule has 0 aromatic heterocycles. The van der Waals surface area contributed by atoms with E-state index in [1.165, 1.54) is 0 Å². The molecule has 2 aromatic carbocycles. The fourth-order valence-corrected chi connectivity index (χ4v) is 2.75. The number of amides is 1. The molecule has 0 unspecified atom stereocenters. The Morgan fingerprint density at radius 2 is 1.88 bits per heavy atom. The molecule has 2 aromatic rings. The van der Waals surface area contributed by atoms with E-state index in [2.05, 4.69) is 0 Å². The average Bonchev–Trinajstić information content (AvgIpc) is 2.65. The topological polar surface area (TPSA) is 64.8 Å². The van der Waals surface area contributed by atoms with Crippen LogP contribution in [0.25, 0.3) is 6.08 Å². The Morgan fingerprint density at radius 3 is 2.60 bits per heavy atom. The van der Waals surface area contributed by atoms with Gasteiger partial charge in [-0.05, 0) is 55.3 Å². The van der Waals surface area contributed by atoms with Gasteiger partial charge >= 0.3 is 0 Å². The Kier molecular flexibility index (Phi) is 5.36. The molecule has 0 radical (unpaired) electrons. The monoisotopic (exact) mass is 338 g/mol. The zero-order chi connectivity index (χ0) is 17.6. The fraction of sp³-hybridized carbons (Fsp3) is 0.250. The number of hydrogen-bond acceptors (Lipinski definition) is 4. The van der Waals surface area contributed by atoms with Gasteiger partial charge < -0.3 is 20.1 Å². The summed E-state index contributed by atoms with van der Waals surface area (Å²) in [7, 11) is 1.62. The summed E-state index contributed by atoms with van der Waals surface area (Å²) in [5, 5.41) is 0. The van der Waals surface area contributed by atoms with Crippen molar-refractivity contribution in [3.05, 3.63) is 59.9 Å². The maximum Gasteiger partial charge on any atom is 0.294 e. The largest absolute Gasteiger partial charge is 0.497 e. The second-order valence-electron chi connectivity index (χ2n) is 5.80. The minimum atomic E-state index is -0.133. The first kappa shape index (κ1) is 17.0. The number of carbonyl (C=O) groups excluding carboxylic acids is 1. The Balaban J connectivity index is 1.90. The number of benzene rings is 2. The van der Waals surface area contributed by atoms with E-state index in [9.17, 15) is 4.79 Å². The quantitative estimate of drug-likeness (QED) is 0.649. The van der Waals surface area contributed by atoms with E-state index in [0.29, 0.717) is 24.6 Å². The lowest BCUT2D eigenvalue weighted by Gasteiger charge is -2.30. The van der Waals surface area contributed by atoms with Crippen LogP contribution in [-0.4, -0.2) is 26.1 Å². The number of anilines is 1. The molecule has 25 heavy (non-hydrogen) atoms. The normalized spacial score (nSPS) is 15.0. The summed E-state index contributed by atoms with van der Waals surface area (Å²) in [6, 6.07) is 15.1. The lowest BCUT2D eigenvalue weighted by Crippen LogP contribution is -2.38. The van der Waals surface area contributed by atoms with Gasteiger partial charge in [-0.3, -0.25) is 4.79 Å². The summed E-state index contributed by atoms with van der Waals surface area (Å²) in [6.45, 7) is 1.24. The predicted molar refractivity (Wildman–Crippen MR) is 98.7 cm³/mol. The van der Waals surface area contributed by atoms with Gasteiger partial charge in [0.2, 0.25) is 0 Å². The van der Waals surface area contributed by atoms with Gasteiger partial charge in [-0.25, -0.2) is 0 Å². The molecule has 5 heteroatoms. The molecule has 0 spiro atoms. The van der Waals surface area contributed by atoms with E-state index >= 15 is 0 Å². The highest BCUT2D eigenvalue weighted by Crippen LogP contribution is 2.35. The minimum Gasteiger partial charge on any atom is -0.497 e. The highest BCUT2D eigenvalue weighted by atomic mass is 16.5. The molecule has 2 N–H and O–H groups in total. The van der Waals surface area contributed by atoms with E-state index < -0.39 is 0 Å². The number of hydrogen-bond donors (Lipinski definition) is 1. The highest BCUT2D eigenvalue weighted by molar-refractivity contribution is 6.09. The molecule has 0 saturated heterocycles. The van der Waals surface area contributed by atoms with E-state index in [1.54, 1.807) is 18.1 Å². The van der Waals surface area contributed by atoms with Crippen LogP contribution in [0.1, 0.15) is 18.4 Å². The zero-order valence-corrected chi connectivity index (χ0v) is 14.3. The number of nitrogens with zero attached hydrogens (tertiary/aromatic N) is 1.